The van der Waals surface area contributed by atoms with E-state index in [0.717, 1.165) is 11.4 Å². The van der Waals surface area contributed by atoms with Gasteiger partial charge in [-0.25, -0.2) is 0 Å². The van der Waals surface area contributed by atoms with Crippen molar-refractivity contribution in [3.63, 3.8) is 0 Å². The van der Waals surface area contributed by atoms with Gasteiger partial charge < -0.3 is 9.47 Å². The maximum absolute atomic E-state index is 12.2. The van der Waals surface area contributed by atoms with Gasteiger partial charge in [0.1, 0.15) is 11.6 Å². The predicted molar refractivity (Wildman–Crippen MR) is 116 cm³/mol. The van der Waals surface area contributed by atoms with Crippen molar-refractivity contribution >= 4 is 34.1 Å². The molecule has 0 unspecified atom stereocenters. The van der Waals surface area contributed by atoms with Crippen molar-refractivity contribution < 1.29 is 14.3 Å². The lowest BCUT2D eigenvalue weighted by Gasteiger charge is -2.11. The van der Waals surface area contributed by atoms with Crippen LogP contribution in [0.1, 0.15) is 17.8 Å². The van der Waals surface area contributed by atoms with Crippen LogP contribution in [0.5, 0.6) is 11.5 Å². The number of para-hydroxylation sites is 2. The van der Waals surface area contributed by atoms with E-state index < -0.39 is 0 Å². The SMILES string of the molecule is C=CCn1c(COc2ccccc2OC)nnc1SCC(=O)Nc1nnc(CC)s1. The maximum atomic E-state index is 12.2. The third-order valence-corrected chi connectivity index (χ3v) is 5.83. The summed E-state index contributed by atoms with van der Waals surface area (Å²) >= 11 is 2.65. The molecule has 1 amide bonds. The first kappa shape index (κ1) is 21.8. The molecule has 0 fully saturated rings. The molecule has 2 aromatic heterocycles. The Hall–Kier alpha value is -2.92. The molecule has 1 N–H and O–H groups in total. The predicted octanol–water partition coefficient (Wildman–Crippen LogP) is 3.20. The summed E-state index contributed by atoms with van der Waals surface area (Å²) in [5.41, 5.74) is 0. The molecule has 1 aromatic carbocycles. The van der Waals surface area contributed by atoms with Crippen LogP contribution < -0.4 is 14.8 Å². The summed E-state index contributed by atoms with van der Waals surface area (Å²) in [6.45, 7) is 6.48. The molecule has 30 heavy (non-hydrogen) atoms. The van der Waals surface area contributed by atoms with Gasteiger partial charge in [0.25, 0.3) is 0 Å². The number of carbonyl (C=O) groups is 1. The van der Waals surface area contributed by atoms with Crippen LogP contribution in [0.15, 0.2) is 42.1 Å². The number of nitrogens with one attached hydrogen (secondary N) is 1. The van der Waals surface area contributed by atoms with E-state index in [2.05, 4.69) is 32.3 Å². The monoisotopic (exact) mass is 446 g/mol. The minimum Gasteiger partial charge on any atom is -0.493 e. The van der Waals surface area contributed by atoms with Crippen molar-refractivity contribution in [2.75, 3.05) is 18.2 Å². The molecule has 3 rings (SSSR count). The molecule has 0 radical (unpaired) electrons. The van der Waals surface area contributed by atoms with E-state index in [1.165, 1.54) is 23.1 Å². The molecule has 11 heteroatoms. The van der Waals surface area contributed by atoms with Crippen molar-refractivity contribution in [1.82, 2.24) is 25.0 Å². The standard InChI is InChI=1S/C19H22N6O3S2/c1-4-10-25-15(11-28-14-9-7-6-8-13(14)27-3)21-24-19(25)29-12-16(26)20-18-23-22-17(5-2)30-18/h4,6-9H,1,5,10-12H2,2-3H3,(H,20,23,26). The van der Waals surface area contributed by atoms with Crippen molar-refractivity contribution in [3.05, 3.63) is 47.8 Å². The second-order valence-electron chi connectivity index (χ2n) is 5.93. The van der Waals surface area contributed by atoms with Gasteiger partial charge >= 0.3 is 0 Å². The molecule has 0 bridgehead atoms. The zero-order valence-corrected chi connectivity index (χ0v) is 18.3. The van der Waals surface area contributed by atoms with E-state index in [1.54, 1.807) is 13.2 Å². The Balaban J connectivity index is 1.61. The number of benzene rings is 1. The first-order valence-corrected chi connectivity index (χ1v) is 11.0. The van der Waals surface area contributed by atoms with E-state index >= 15 is 0 Å². The van der Waals surface area contributed by atoms with Crippen LogP contribution in [0.2, 0.25) is 0 Å². The Morgan fingerprint density at radius 3 is 2.77 bits per heavy atom. The number of hydrogen-bond acceptors (Lipinski definition) is 9. The molecular weight excluding hydrogens is 424 g/mol. The number of hydrogen-bond donors (Lipinski definition) is 1. The number of allylic oxidation sites excluding steroid dienone is 1. The molecule has 0 aliphatic carbocycles. The topological polar surface area (TPSA) is 104 Å². The van der Waals surface area contributed by atoms with Gasteiger partial charge in [0, 0.05) is 6.54 Å². The van der Waals surface area contributed by atoms with E-state index in [0.29, 0.717) is 34.2 Å². The normalized spacial score (nSPS) is 10.6. The number of methoxy groups -OCH3 is 1. The average molecular weight is 447 g/mol. The van der Waals surface area contributed by atoms with Crippen LogP contribution in [0.4, 0.5) is 5.13 Å². The highest BCUT2D eigenvalue weighted by Crippen LogP contribution is 2.27. The van der Waals surface area contributed by atoms with Gasteiger partial charge in [-0.3, -0.25) is 14.7 Å². The summed E-state index contributed by atoms with van der Waals surface area (Å²) in [4.78, 5) is 12.2. The van der Waals surface area contributed by atoms with Crippen LogP contribution in [0, 0.1) is 0 Å². The molecule has 9 nitrogen and oxygen atoms in total. The van der Waals surface area contributed by atoms with Gasteiger partial charge in [0.15, 0.2) is 22.5 Å². The molecular formula is C19H22N6O3S2. The van der Waals surface area contributed by atoms with Crippen molar-refractivity contribution in [3.8, 4) is 11.5 Å². The fourth-order valence-electron chi connectivity index (χ4n) is 2.46. The molecule has 0 spiro atoms. The number of aryl methyl sites for hydroxylation is 1. The number of nitrogens with zero attached hydrogens (tertiary/aromatic N) is 5. The number of amides is 1. The molecule has 0 saturated heterocycles. The summed E-state index contributed by atoms with van der Waals surface area (Å²) in [6.07, 6.45) is 2.53. The summed E-state index contributed by atoms with van der Waals surface area (Å²) in [7, 11) is 1.59. The van der Waals surface area contributed by atoms with E-state index in [4.69, 9.17) is 9.47 Å². The fourth-order valence-corrected chi connectivity index (χ4v) is 3.92. The number of thioether (sulfide) groups is 1. The molecule has 0 atom stereocenters. The van der Waals surface area contributed by atoms with Gasteiger partial charge in [-0.15, -0.1) is 27.0 Å². The zero-order chi connectivity index (χ0) is 21.3. The highest BCUT2D eigenvalue weighted by Gasteiger charge is 2.15. The van der Waals surface area contributed by atoms with Gasteiger partial charge in [0.05, 0.1) is 12.9 Å². The van der Waals surface area contributed by atoms with E-state index in [-0.39, 0.29) is 18.3 Å². The Morgan fingerprint density at radius 2 is 2.07 bits per heavy atom. The molecule has 158 valence electrons. The van der Waals surface area contributed by atoms with Crippen molar-refractivity contribution in [2.24, 2.45) is 0 Å². The Labute approximate surface area is 182 Å². The summed E-state index contributed by atoms with van der Waals surface area (Å²) in [6, 6.07) is 7.39. The van der Waals surface area contributed by atoms with E-state index in [1.807, 2.05) is 35.8 Å². The van der Waals surface area contributed by atoms with Crippen LogP contribution in [-0.4, -0.2) is 43.7 Å². The summed E-state index contributed by atoms with van der Waals surface area (Å²) in [5, 5.41) is 21.1. The van der Waals surface area contributed by atoms with E-state index in [9.17, 15) is 4.79 Å². The Kier molecular flexibility index (Phi) is 7.80. The number of anilines is 1. The summed E-state index contributed by atoms with van der Waals surface area (Å²) < 4.78 is 13.0. The summed E-state index contributed by atoms with van der Waals surface area (Å²) in [5.74, 6) is 1.87. The van der Waals surface area contributed by atoms with Crippen LogP contribution in [-0.2, 0) is 24.4 Å². The molecule has 0 saturated carbocycles. The molecule has 0 aliphatic rings. The zero-order valence-electron chi connectivity index (χ0n) is 16.7. The van der Waals surface area contributed by atoms with Gasteiger partial charge in [-0.05, 0) is 18.6 Å². The smallest absolute Gasteiger partial charge is 0.236 e. The van der Waals surface area contributed by atoms with Crippen molar-refractivity contribution in [2.45, 2.75) is 31.7 Å². The first-order valence-electron chi connectivity index (χ1n) is 9.18. The molecule has 3 aromatic rings. The Bertz CT molecular complexity index is 1000. The van der Waals surface area contributed by atoms with Gasteiger partial charge in [-0.1, -0.05) is 48.2 Å². The second-order valence-corrected chi connectivity index (χ2v) is 7.93. The van der Waals surface area contributed by atoms with Crippen LogP contribution in [0.25, 0.3) is 0 Å². The molecule has 0 aliphatic heterocycles. The van der Waals surface area contributed by atoms with Crippen molar-refractivity contribution in [1.29, 1.82) is 0 Å². The lowest BCUT2D eigenvalue weighted by atomic mass is 10.3. The first-order chi connectivity index (χ1) is 14.6. The highest BCUT2D eigenvalue weighted by molar-refractivity contribution is 7.99. The molecule has 2 heterocycles. The minimum atomic E-state index is -0.182. The highest BCUT2D eigenvalue weighted by atomic mass is 32.2. The van der Waals surface area contributed by atoms with Gasteiger partial charge in [-0.2, -0.15) is 0 Å². The van der Waals surface area contributed by atoms with Crippen LogP contribution >= 0.6 is 23.1 Å². The average Bonchev–Trinajstić information content (AvgIpc) is 3.38. The lowest BCUT2D eigenvalue weighted by Crippen LogP contribution is -2.15. The largest absolute Gasteiger partial charge is 0.493 e. The number of ether oxygens (including phenoxy) is 2. The quantitative estimate of drug-likeness (QED) is 0.354. The lowest BCUT2D eigenvalue weighted by molar-refractivity contribution is -0.113. The minimum absolute atomic E-state index is 0.170. The number of aromatic nitrogens is 5. The van der Waals surface area contributed by atoms with Gasteiger partial charge in [0.2, 0.25) is 11.0 Å². The number of carbonyl (C=O) groups excluding carboxylic acids is 1. The van der Waals surface area contributed by atoms with Crippen LogP contribution in [0.3, 0.4) is 0 Å². The second kappa shape index (κ2) is 10.7. The fraction of sp³-hybridized carbons (Fsp3) is 0.316. The Morgan fingerprint density at radius 1 is 1.27 bits per heavy atom. The number of rotatable bonds is 11. The third-order valence-electron chi connectivity index (χ3n) is 3.88. The maximum Gasteiger partial charge on any atom is 0.236 e. The third kappa shape index (κ3) is 5.57.